The number of nitrogens with two attached hydrogens (primary N) is 1. The molecular formula is C16H18N4O. The number of pyridine rings is 1. The van der Waals surface area contributed by atoms with Gasteiger partial charge in [0.2, 0.25) is 5.95 Å². The first-order chi connectivity index (χ1) is 10.2. The molecule has 0 aliphatic carbocycles. The van der Waals surface area contributed by atoms with Crippen molar-refractivity contribution in [3.05, 3.63) is 47.7 Å². The van der Waals surface area contributed by atoms with E-state index in [-0.39, 0.29) is 0 Å². The lowest BCUT2D eigenvalue weighted by Crippen LogP contribution is -2.06. The molecule has 0 radical (unpaired) electrons. The van der Waals surface area contributed by atoms with Crippen LogP contribution in [-0.2, 0) is 13.0 Å². The molecule has 0 unspecified atom stereocenters. The Morgan fingerprint density at radius 1 is 1.19 bits per heavy atom. The van der Waals surface area contributed by atoms with E-state index in [1.54, 1.807) is 13.3 Å². The van der Waals surface area contributed by atoms with E-state index in [0.29, 0.717) is 5.95 Å². The van der Waals surface area contributed by atoms with Gasteiger partial charge in [0.15, 0.2) is 5.65 Å². The number of nitrogens with zero attached hydrogens (tertiary/aromatic N) is 3. The highest BCUT2D eigenvalue weighted by atomic mass is 16.5. The SMILES string of the molecule is COc1ccc(CCn2c(N)nc3c(C)ccnc32)cc1. The van der Waals surface area contributed by atoms with Crippen LogP contribution < -0.4 is 10.5 Å². The number of rotatable bonds is 4. The van der Waals surface area contributed by atoms with Crippen LogP contribution in [0.3, 0.4) is 0 Å². The Balaban J connectivity index is 1.84. The molecule has 2 aromatic heterocycles. The molecule has 21 heavy (non-hydrogen) atoms. The van der Waals surface area contributed by atoms with Crippen molar-refractivity contribution in [2.75, 3.05) is 12.8 Å². The largest absolute Gasteiger partial charge is 0.497 e. The Morgan fingerprint density at radius 3 is 2.67 bits per heavy atom. The molecule has 0 spiro atoms. The van der Waals surface area contributed by atoms with E-state index >= 15 is 0 Å². The number of anilines is 1. The van der Waals surface area contributed by atoms with E-state index in [1.165, 1.54) is 5.56 Å². The molecule has 108 valence electrons. The number of imidazole rings is 1. The summed E-state index contributed by atoms with van der Waals surface area (Å²) < 4.78 is 7.13. The summed E-state index contributed by atoms with van der Waals surface area (Å²) >= 11 is 0. The van der Waals surface area contributed by atoms with Crippen molar-refractivity contribution in [1.82, 2.24) is 14.5 Å². The highest BCUT2D eigenvalue weighted by Gasteiger charge is 2.10. The fraction of sp³-hybridized carbons (Fsp3) is 0.250. The smallest absolute Gasteiger partial charge is 0.202 e. The van der Waals surface area contributed by atoms with Gasteiger partial charge in [0.25, 0.3) is 0 Å². The number of ether oxygens (including phenoxy) is 1. The normalized spacial score (nSPS) is 11.0. The topological polar surface area (TPSA) is 66.0 Å². The third-order valence-corrected chi connectivity index (χ3v) is 3.65. The number of hydrogen-bond acceptors (Lipinski definition) is 4. The van der Waals surface area contributed by atoms with Gasteiger partial charge in [0, 0.05) is 12.7 Å². The van der Waals surface area contributed by atoms with Gasteiger partial charge in [-0.15, -0.1) is 0 Å². The van der Waals surface area contributed by atoms with Crippen LogP contribution in [0, 0.1) is 6.92 Å². The van der Waals surface area contributed by atoms with E-state index in [0.717, 1.165) is 35.4 Å². The van der Waals surface area contributed by atoms with Gasteiger partial charge in [-0.2, -0.15) is 0 Å². The molecule has 0 amide bonds. The molecule has 1 aromatic carbocycles. The Bertz CT molecular complexity index is 762. The van der Waals surface area contributed by atoms with Gasteiger partial charge < -0.3 is 10.5 Å². The number of aromatic nitrogens is 3. The van der Waals surface area contributed by atoms with Crippen LogP contribution in [0.5, 0.6) is 5.75 Å². The predicted octanol–water partition coefficient (Wildman–Crippen LogP) is 2.57. The van der Waals surface area contributed by atoms with Gasteiger partial charge in [0.1, 0.15) is 11.3 Å². The zero-order valence-corrected chi connectivity index (χ0v) is 12.2. The average molecular weight is 282 g/mol. The number of methoxy groups -OCH3 is 1. The molecule has 5 heteroatoms. The Morgan fingerprint density at radius 2 is 1.95 bits per heavy atom. The van der Waals surface area contributed by atoms with Crippen molar-refractivity contribution in [1.29, 1.82) is 0 Å². The van der Waals surface area contributed by atoms with Gasteiger partial charge in [0.05, 0.1) is 7.11 Å². The summed E-state index contributed by atoms with van der Waals surface area (Å²) in [4.78, 5) is 8.81. The number of aryl methyl sites for hydroxylation is 3. The van der Waals surface area contributed by atoms with Crippen molar-refractivity contribution in [3.63, 3.8) is 0 Å². The molecule has 0 saturated carbocycles. The van der Waals surface area contributed by atoms with Crippen molar-refractivity contribution < 1.29 is 4.74 Å². The molecule has 2 N–H and O–H groups in total. The molecule has 3 rings (SSSR count). The number of fused-ring (bicyclic) bond motifs is 1. The number of hydrogen-bond donors (Lipinski definition) is 1. The molecule has 0 atom stereocenters. The standard InChI is InChI=1S/C16H18N4O/c1-11-7-9-18-15-14(11)19-16(17)20(15)10-8-12-3-5-13(21-2)6-4-12/h3-7,9H,8,10H2,1-2H3,(H2,17,19). The zero-order valence-electron chi connectivity index (χ0n) is 12.2. The average Bonchev–Trinajstić information content (AvgIpc) is 2.83. The van der Waals surface area contributed by atoms with Crippen LogP contribution in [-0.4, -0.2) is 21.6 Å². The third-order valence-electron chi connectivity index (χ3n) is 3.65. The van der Waals surface area contributed by atoms with Crippen molar-refractivity contribution >= 4 is 17.1 Å². The summed E-state index contributed by atoms with van der Waals surface area (Å²) in [7, 11) is 1.67. The van der Waals surface area contributed by atoms with Crippen molar-refractivity contribution in [2.24, 2.45) is 0 Å². The first kappa shape index (κ1) is 13.4. The highest BCUT2D eigenvalue weighted by molar-refractivity contribution is 5.77. The summed E-state index contributed by atoms with van der Waals surface area (Å²) in [6.07, 6.45) is 2.66. The molecule has 0 aliphatic rings. The van der Waals surface area contributed by atoms with Crippen molar-refractivity contribution in [2.45, 2.75) is 19.9 Å². The fourth-order valence-corrected chi connectivity index (χ4v) is 2.41. The van der Waals surface area contributed by atoms with Crippen molar-refractivity contribution in [3.8, 4) is 5.75 Å². The number of nitrogen functional groups attached to an aromatic ring is 1. The lowest BCUT2D eigenvalue weighted by atomic mass is 10.1. The van der Waals surface area contributed by atoms with Gasteiger partial charge in [-0.05, 0) is 42.7 Å². The molecular weight excluding hydrogens is 264 g/mol. The van der Waals surface area contributed by atoms with E-state index in [9.17, 15) is 0 Å². The fourth-order valence-electron chi connectivity index (χ4n) is 2.41. The van der Waals surface area contributed by atoms with Crippen LogP contribution in [0.15, 0.2) is 36.5 Å². The van der Waals surface area contributed by atoms with Crippen LogP contribution >= 0.6 is 0 Å². The lowest BCUT2D eigenvalue weighted by molar-refractivity contribution is 0.414. The summed E-state index contributed by atoms with van der Waals surface area (Å²) in [5.74, 6) is 1.38. The lowest BCUT2D eigenvalue weighted by Gasteiger charge is -2.07. The van der Waals surface area contributed by atoms with E-state index < -0.39 is 0 Å². The zero-order chi connectivity index (χ0) is 14.8. The second-order valence-corrected chi connectivity index (χ2v) is 5.02. The second-order valence-electron chi connectivity index (χ2n) is 5.02. The monoisotopic (exact) mass is 282 g/mol. The first-order valence-corrected chi connectivity index (χ1v) is 6.89. The first-order valence-electron chi connectivity index (χ1n) is 6.89. The molecule has 0 saturated heterocycles. The van der Waals surface area contributed by atoms with Crippen LogP contribution in [0.25, 0.3) is 11.2 Å². The predicted molar refractivity (Wildman–Crippen MR) is 83.4 cm³/mol. The minimum atomic E-state index is 0.514. The van der Waals surface area contributed by atoms with Crippen LogP contribution in [0.2, 0.25) is 0 Å². The van der Waals surface area contributed by atoms with Gasteiger partial charge >= 0.3 is 0 Å². The molecule has 0 bridgehead atoms. The third kappa shape index (κ3) is 2.54. The summed E-state index contributed by atoms with van der Waals surface area (Å²) in [5.41, 5.74) is 10.1. The Hall–Kier alpha value is -2.56. The minimum Gasteiger partial charge on any atom is -0.497 e. The van der Waals surface area contributed by atoms with Crippen LogP contribution in [0.1, 0.15) is 11.1 Å². The maximum Gasteiger partial charge on any atom is 0.202 e. The van der Waals surface area contributed by atoms with E-state index in [2.05, 4.69) is 22.1 Å². The quantitative estimate of drug-likeness (QED) is 0.798. The Kier molecular flexibility index (Phi) is 3.48. The molecule has 0 aliphatic heterocycles. The maximum atomic E-state index is 6.02. The molecule has 0 fully saturated rings. The van der Waals surface area contributed by atoms with Gasteiger partial charge in [-0.3, -0.25) is 4.57 Å². The molecule has 2 heterocycles. The maximum absolute atomic E-state index is 6.02. The summed E-state index contributed by atoms with van der Waals surface area (Å²) in [6, 6.07) is 10.0. The Labute approximate surface area is 123 Å². The summed E-state index contributed by atoms with van der Waals surface area (Å²) in [5, 5.41) is 0. The molecule has 3 aromatic rings. The van der Waals surface area contributed by atoms with Crippen LogP contribution in [0.4, 0.5) is 5.95 Å². The summed E-state index contributed by atoms with van der Waals surface area (Å²) in [6.45, 7) is 2.77. The van der Waals surface area contributed by atoms with E-state index in [4.69, 9.17) is 10.5 Å². The minimum absolute atomic E-state index is 0.514. The van der Waals surface area contributed by atoms with Gasteiger partial charge in [-0.25, -0.2) is 9.97 Å². The van der Waals surface area contributed by atoms with E-state index in [1.807, 2.05) is 29.7 Å². The second kappa shape index (κ2) is 5.44. The van der Waals surface area contributed by atoms with Gasteiger partial charge in [-0.1, -0.05) is 12.1 Å². The highest BCUT2D eigenvalue weighted by Crippen LogP contribution is 2.19. The number of benzene rings is 1. The molecule has 5 nitrogen and oxygen atoms in total.